The lowest BCUT2D eigenvalue weighted by Crippen LogP contribution is -2.37. The van der Waals surface area contributed by atoms with E-state index in [0.717, 1.165) is 24.3 Å². The van der Waals surface area contributed by atoms with Gasteiger partial charge in [0, 0.05) is 24.2 Å². The summed E-state index contributed by atoms with van der Waals surface area (Å²) < 4.78 is 10.5. The van der Waals surface area contributed by atoms with Gasteiger partial charge in [-0.05, 0) is 54.3 Å². The lowest BCUT2D eigenvalue weighted by atomic mass is 9.98. The van der Waals surface area contributed by atoms with Gasteiger partial charge in [-0.15, -0.1) is 0 Å². The summed E-state index contributed by atoms with van der Waals surface area (Å²) in [5.74, 6) is 2.98. The highest BCUT2D eigenvalue weighted by molar-refractivity contribution is 6.30. The molecule has 30 heavy (non-hydrogen) atoms. The van der Waals surface area contributed by atoms with Crippen LogP contribution in [0.25, 0.3) is 11.4 Å². The standard InChI is InChI=1S/C22H26ClN5O2/c1-15(16-6-10-19(29-3)11-7-16)12-13-25-22(24-2)26-14-20-27-21(28-30-20)17-4-8-18(23)9-5-17/h4-11,15H,12-14H2,1-3H3,(H2,24,25,26). The molecule has 0 spiro atoms. The molecule has 0 aliphatic carbocycles. The van der Waals surface area contributed by atoms with Crippen LogP contribution in [0.3, 0.4) is 0 Å². The number of aromatic nitrogens is 2. The third-order valence-electron chi connectivity index (χ3n) is 4.76. The molecule has 0 aliphatic heterocycles. The molecule has 0 aliphatic rings. The Kier molecular flexibility index (Phi) is 7.68. The highest BCUT2D eigenvalue weighted by Crippen LogP contribution is 2.21. The summed E-state index contributed by atoms with van der Waals surface area (Å²) in [7, 11) is 3.41. The number of methoxy groups -OCH3 is 1. The Bertz CT molecular complexity index is 954. The summed E-state index contributed by atoms with van der Waals surface area (Å²) in [6.45, 7) is 3.37. The maximum Gasteiger partial charge on any atom is 0.246 e. The van der Waals surface area contributed by atoms with Crippen LogP contribution in [0, 0.1) is 0 Å². The molecule has 0 amide bonds. The molecule has 158 valence electrons. The van der Waals surface area contributed by atoms with Crippen molar-refractivity contribution < 1.29 is 9.26 Å². The van der Waals surface area contributed by atoms with Gasteiger partial charge in [0.15, 0.2) is 5.96 Å². The van der Waals surface area contributed by atoms with Crippen molar-refractivity contribution in [3.63, 3.8) is 0 Å². The lowest BCUT2D eigenvalue weighted by molar-refractivity contribution is 0.375. The van der Waals surface area contributed by atoms with Crippen molar-refractivity contribution in [3.8, 4) is 17.1 Å². The van der Waals surface area contributed by atoms with E-state index in [4.69, 9.17) is 20.9 Å². The van der Waals surface area contributed by atoms with Gasteiger partial charge >= 0.3 is 0 Å². The molecular formula is C22H26ClN5O2. The third kappa shape index (κ3) is 5.97. The zero-order valence-electron chi connectivity index (χ0n) is 17.4. The van der Waals surface area contributed by atoms with Crippen molar-refractivity contribution in [1.29, 1.82) is 0 Å². The number of guanidine groups is 1. The summed E-state index contributed by atoms with van der Waals surface area (Å²) in [5.41, 5.74) is 2.13. The van der Waals surface area contributed by atoms with Gasteiger partial charge in [0.1, 0.15) is 5.75 Å². The number of ether oxygens (including phenoxy) is 1. The van der Waals surface area contributed by atoms with Crippen LogP contribution in [-0.2, 0) is 6.54 Å². The van der Waals surface area contributed by atoms with E-state index in [0.29, 0.717) is 35.2 Å². The van der Waals surface area contributed by atoms with Gasteiger partial charge in [-0.3, -0.25) is 4.99 Å². The minimum absolute atomic E-state index is 0.383. The zero-order chi connectivity index (χ0) is 21.3. The molecule has 2 aromatic carbocycles. The van der Waals surface area contributed by atoms with Crippen molar-refractivity contribution >= 4 is 17.6 Å². The molecule has 1 aromatic heterocycles. The van der Waals surface area contributed by atoms with Crippen LogP contribution in [-0.4, -0.2) is 36.8 Å². The molecule has 0 radical (unpaired) electrons. The first-order chi connectivity index (χ1) is 14.6. The van der Waals surface area contributed by atoms with Crippen LogP contribution in [0.1, 0.15) is 30.7 Å². The van der Waals surface area contributed by atoms with E-state index >= 15 is 0 Å². The van der Waals surface area contributed by atoms with Gasteiger partial charge < -0.3 is 19.9 Å². The van der Waals surface area contributed by atoms with Crippen LogP contribution < -0.4 is 15.4 Å². The highest BCUT2D eigenvalue weighted by atomic mass is 35.5. The second-order valence-corrected chi connectivity index (χ2v) is 7.27. The fraction of sp³-hybridized carbons (Fsp3) is 0.318. The van der Waals surface area contributed by atoms with Crippen LogP contribution in [0.4, 0.5) is 0 Å². The largest absolute Gasteiger partial charge is 0.497 e. The Morgan fingerprint density at radius 3 is 2.53 bits per heavy atom. The first-order valence-electron chi connectivity index (χ1n) is 9.76. The number of hydrogen-bond acceptors (Lipinski definition) is 5. The van der Waals surface area contributed by atoms with Gasteiger partial charge in [-0.2, -0.15) is 4.98 Å². The highest BCUT2D eigenvalue weighted by Gasteiger charge is 2.10. The van der Waals surface area contributed by atoms with Crippen molar-refractivity contribution in [2.75, 3.05) is 20.7 Å². The Hall–Kier alpha value is -3.06. The SMILES string of the molecule is CN=C(NCCC(C)c1ccc(OC)cc1)NCc1nc(-c2ccc(Cl)cc2)no1. The lowest BCUT2D eigenvalue weighted by Gasteiger charge is -2.15. The van der Waals surface area contributed by atoms with Crippen molar-refractivity contribution in [3.05, 3.63) is 65.0 Å². The first kappa shape index (κ1) is 21.6. The molecule has 3 rings (SSSR count). The molecule has 3 aromatic rings. The van der Waals surface area contributed by atoms with E-state index in [1.807, 2.05) is 24.3 Å². The first-order valence-corrected chi connectivity index (χ1v) is 10.1. The quantitative estimate of drug-likeness (QED) is 0.412. The Balaban J connectivity index is 1.45. The second-order valence-electron chi connectivity index (χ2n) is 6.83. The number of nitrogens with one attached hydrogen (secondary N) is 2. The third-order valence-corrected chi connectivity index (χ3v) is 5.01. The molecule has 0 fully saturated rings. The molecular weight excluding hydrogens is 402 g/mol. The monoisotopic (exact) mass is 427 g/mol. The number of rotatable bonds is 8. The zero-order valence-corrected chi connectivity index (χ0v) is 18.1. The van der Waals surface area contributed by atoms with Crippen molar-refractivity contribution in [2.45, 2.75) is 25.8 Å². The average Bonchev–Trinajstić information content (AvgIpc) is 3.25. The van der Waals surface area contributed by atoms with E-state index < -0.39 is 0 Å². The molecule has 8 heteroatoms. The Morgan fingerprint density at radius 1 is 1.13 bits per heavy atom. The summed E-state index contributed by atoms with van der Waals surface area (Å²) in [6.07, 6.45) is 0.967. The molecule has 2 N–H and O–H groups in total. The van der Waals surface area contributed by atoms with Crippen molar-refractivity contribution in [1.82, 2.24) is 20.8 Å². The van der Waals surface area contributed by atoms with Crippen LogP contribution in [0.5, 0.6) is 5.75 Å². The van der Waals surface area contributed by atoms with Gasteiger partial charge in [0.25, 0.3) is 0 Å². The van der Waals surface area contributed by atoms with Crippen LogP contribution in [0.2, 0.25) is 5.02 Å². The predicted molar refractivity (Wildman–Crippen MR) is 119 cm³/mol. The molecule has 1 atom stereocenters. The number of hydrogen-bond donors (Lipinski definition) is 2. The molecule has 1 unspecified atom stereocenters. The number of nitrogens with zero attached hydrogens (tertiary/aromatic N) is 3. The summed E-state index contributed by atoms with van der Waals surface area (Å²) >= 11 is 5.91. The minimum atomic E-state index is 0.383. The van der Waals surface area contributed by atoms with E-state index in [-0.39, 0.29) is 0 Å². The average molecular weight is 428 g/mol. The summed E-state index contributed by atoms with van der Waals surface area (Å²) in [5, 5.41) is 11.2. The van der Waals surface area contributed by atoms with Crippen molar-refractivity contribution in [2.24, 2.45) is 4.99 Å². The number of halogens is 1. The second kappa shape index (κ2) is 10.6. The normalized spacial score (nSPS) is 12.5. The molecule has 0 saturated heterocycles. The van der Waals surface area contributed by atoms with E-state index in [9.17, 15) is 0 Å². The molecule has 0 bridgehead atoms. The number of benzene rings is 2. The van der Waals surface area contributed by atoms with Crippen LogP contribution >= 0.6 is 11.6 Å². The van der Waals surface area contributed by atoms with Gasteiger partial charge in [0.05, 0.1) is 13.7 Å². The Labute approximate surface area is 181 Å². The van der Waals surface area contributed by atoms with Gasteiger partial charge in [-0.1, -0.05) is 35.8 Å². The van der Waals surface area contributed by atoms with E-state index in [1.54, 1.807) is 26.3 Å². The van der Waals surface area contributed by atoms with E-state index in [2.05, 4.69) is 44.8 Å². The van der Waals surface area contributed by atoms with Gasteiger partial charge in [0.2, 0.25) is 11.7 Å². The van der Waals surface area contributed by atoms with E-state index in [1.165, 1.54) is 5.56 Å². The fourth-order valence-electron chi connectivity index (χ4n) is 2.93. The predicted octanol–water partition coefficient (Wildman–Crippen LogP) is 4.26. The Morgan fingerprint density at radius 2 is 1.87 bits per heavy atom. The minimum Gasteiger partial charge on any atom is -0.497 e. The smallest absolute Gasteiger partial charge is 0.246 e. The number of aliphatic imine (C=N–C) groups is 1. The summed E-state index contributed by atoms with van der Waals surface area (Å²) in [4.78, 5) is 8.65. The van der Waals surface area contributed by atoms with Gasteiger partial charge in [-0.25, -0.2) is 0 Å². The molecule has 1 heterocycles. The maximum atomic E-state index is 5.91. The molecule has 7 nitrogen and oxygen atoms in total. The van der Waals surface area contributed by atoms with Crippen LogP contribution in [0.15, 0.2) is 58.0 Å². The topological polar surface area (TPSA) is 84.6 Å². The fourth-order valence-corrected chi connectivity index (χ4v) is 3.06. The molecule has 0 saturated carbocycles. The maximum absolute atomic E-state index is 5.91. The summed E-state index contributed by atoms with van der Waals surface area (Å²) in [6, 6.07) is 15.5.